The summed E-state index contributed by atoms with van der Waals surface area (Å²) >= 11 is 9.32. The van der Waals surface area contributed by atoms with E-state index in [2.05, 4.69) is 23.2 Å². The van der Waals surface area contributed by atoms with Gasteiger partial charge in [-0.25, -0.2) is 0 Å². The van der Waals surface area contributed by atoms with Crippen molar-refractivity contribution in [2.24, 2.45) is 11.8 Å². The van der Waals surface area contributed by atoms with Crippen molar-refractivity contribution in [3.63, 3.8) is 0 Å². The van der Waals surface area contributed by atoms with Crippen LogP contribution in [0.3, 0.4) is 0 Å². The summed E-state index contributed by atoms with van der Waals surface area (Å²) in [6, 6.07) is 0. The minimum Gasteiger partial charge on any atom is -0.294 e. The Morgan fingerprint density at radius 3 is 1.88 bits per heavy atom. The van der Waals surface area contributed by atoms with Crippen LogP contribution in [0.1, 0.15) is 19.3 Å². The molecule has 1 nitrogen and oxygen atoms in total. The Morgan fingerprint density at radius 2 is 1.53 bits per heavy atom. The molecule has 0 N–H and O–H groups in total. The first kappa shape index (κ1) is 13.1. The Balaban J connectivity index is 2.56. The largest absolute Gasteiger partial charge is 0.352 e. The predicted octanol–water partition coefficient (Wildman–Crippen LogP) is 3.95. The number of rotatable bonds is 2. The number of fused-ring (bicyclic) bond motifs is 2. The highest BCUT2D eigenvalue weighted by molar-refractivity contribution is 6.29. The Bertz CT molecular complexity index is 378. The molecule has 0 unspecified atom stereocenters. The van der Waals surface area contributed by atoms with Gasteiger partial charge in [0.05, 0.1) is 0 Å². The zero-order chi connectivity index (χ0) is 13.0. The van der Waals surface area contributed by atoms with Gasteiger partial charge in [0.25, 0.3) is 0 Å². The predicted molar refractivity (Wildman–Crippen MR) is 54.5 cm³/mol. The smallest absolute Gasteiger partial charge is 0.294 e. The van der Waals surface area contributed by atoms with E-state index in [1.807, 2.05) is 0 Å². The molecule has 0 heterocycles. The first-order valence-corrected chi connectivity index (χ1v) is 5.80. The van der Waals surface area contributed by atoms with Crippen molar-refractivity contribution in [3.05, 3.63) is 11.1 Å². The van der Waals surface area contributed by atoms with Crippen LogP contribution in [0.2, 0.25) is 0 Å². The Labute approximate surface area is 105 Å². The molecule has 2 bridgehead atoms. The Kier molecular flexibility index (Phi) is 2.98. The third-order valence-corrected chi connectivity index (χ3v) is 3.69. The van der Waals surface area contributed by atoms with Crippen LogP contribution in [-0.4, -0.2) is 16.5 Å². The lowest BCUT2D eigenvalue weighted by atomic mass is 9.89. The van der Waals surface area contributed by atoms with Gasteiger partial charge in [0.2, 0.25) is 0 Å². The first-order chi connectivity index (χ1) is 7.62. The van der Waals surface area contributed by atoms with Gasteiger partial charge in [-0.1, -0.05) is 0 Å². The summed E-state index contributed by atoms with van der Waals surface area (Å²) in [4.78, 5) is 11.7. The van der Waals surface area contributed by atoms with E-state index in [1.165, 1.54) is 0 Å². The van der Waals surface area contributed by atoms with Crippen molar-refractivity contribution >= 4 is 29.0 Å². The number of alkyl halides is 6. The van der Waals surface area contributed by atoms with Gasteiger partial charge in [-0.2, -0.15) is 17.6 Å². The molecular formula is C10H8Cl2F4O. The van der Waals surface area contributed by atoms with Crippen LogP contribution in [0.4, 0.5) is 17.6 Å². The van der Waals surface area contributed by atoms with Gasteiger partial charge in [0.1, 0.15) is 5.57 Å². The van der Waals surface area contributed by atoms with E-state index >= 15 is 0 Å². The van der Waals surface area contributed by atoms with Crippen molar-refractivity contribution in [2.75, 3.05) is 0 Å². The molecule has 2 aliphatic carbocycles. The first-order valence-electron chi connectivity index (χ1n) is 5.05. The molecule has 2 aliphatic rings. The van der Waals surface area contributed by atoms with Crippen LogP contribution in [0.15, 0.2) is 11.1 Å². The summed E-state index contributed by atoms with van der Waals surface area (Å²) in [7, 11) is 0. The average molecular weight is 291 g/mol. The van der Waals surface area contributed by atoms with E-state index in [0.717, 1.165) is 0 Å². The molecule has 2 atom stereocenters. The second-order valence-corrected chi connectivity index (χ2v) is 5.30. The standard InChI is InChI=1S/C10H8Cl2F4O/c11-9(13,14)8(10(12,15)16)6-4-1-2-5(3-4)7(6)17/h4-5H,1-3H2/t4-,5+/m1/s1. The van der Waals surface area contributed by atoms with Gasteiger partial charge in [-0.15, -0.1) is 0 Å². The molecule has 96 valence electrons. The number of halogens is 6. The highest BCUT2D eigenvalue weighted by atomic mass is 35.5. The third-order valence-electron chi connectivity index (χ3n) is 3.31. The molecule has 0 aliphatic heterocycles. The Morgan fingerprint density at radius 1 is 1.06 bits per heavy atom. The number of hydrogen-bond acceptors (Lipinski definition) is 1. The van der Waals surface area contributed by atoms with Crippen molar-refractivity contribution < 1.29 is 22.4 Å². The number of hydrogen-bond donors (Lipinski definition) is 0. The lowest BCUT2D eigenvalue weighted by molar-refractivity contribution is -0.118. The maximum absolute atomic E-state index is 13.0. The van der Waals surface area contributed by atoms with E-state index in [9.17, 15) is 22.4 Å². The average Bonchev–Trinajstić information content (AvgIpc) is 2.64. The number of carbonyl (C=O) groups is 1. The molecule has 7 heteroatoms. The fourth-order valence-corrected chi connectivity index (χ4v) is 3.19. The molecule has 17 heavy (non-hydrogen) atoms. The van der Waals surface area contributed by atoms with Gasteiger partial charge < -0.3 is 0 Å². The van der Waals surface area contributed by atoms with Crippen molar-refractivity contribution in [3.8, 4) is 0 Å². The lowest BCUT2D eigenvalue weighted by Gasteiger charge is -2.23. The van der Waals surface area contributed by atoms with Crippen LogP contribution >= 0.6 is 23.2 Å². The molecule has 0 radical (unpaired) electrons. The quantitative estimate of drug-likeness (QED) is 0.428. The van der Waals surface area contributed by atoms with Crippen LogP contribution in [0.5, 0.6) is 0 Å². The summed E-state index contributed by atoms with van der Waals surface area (Å²) in [5, 5.41) is -8.61. The summed E-state index contributed by atoms with van der Waals surface area (Å²) in [5.74, 6) is -1.64. The highest BCUT2D eigenvalue weighted by Gasteiger charge is 2.55. The van der Waals surface area contributed by atoms with E-state index in [0.29, 0.717) is 19.3 Å². The lowest BCUT2D eigenvalue weighted by Crippen LogP contribution is -2.30. The van der Waals surface area contributed by atoms with Gasteiger partial charge in [0, 0.05) is 11.5 Å². The molecule has 0 aromatic carbocycles. The molecule has 0 aromatic rings. The number of allylic oxidation sites excluding steroid dienone is 2. The van der Waals surface area contributed by atoms with Crippen LogP contribution in [0.25, 0.3) is 0 Å². The van der Waals surface area contributed by atoms with Crippen LogP contribution in [-0.2, 0) is 4.79 Å². The van der Waals surface area contributed by atoms with Crippen molar-refractivity contribution in [2.45, 2.75) is 30.0 Å². The minimum atomic E-state index is -4.30. The zero-order valence-electron chi connectivity index (χ0n) is 8.45. The normalized spacial score (nSPS) is 29.1. The molecule has 2 saturated carbocycles. The molecular weight excluding hydrogens is 283 g/mol. The topological polar surface area (TPSA) is 17.1 Å². The summed E-state index contributed by atoms with van der Waals surface area (Å²) in [5.41, 5.74) is -2.29. The zero-order valence-corrected chi connectivity index (χ0v) is 9.96. The molecule has 0 spiro atoms. The third kappa shape index (κ3) is 2.19. The number of ketones is 1. The van der Waals surface area contributed by atoms with E-state index in [4.69, 9.17) is 0 Å². The monoisotopic (exact) mass is 290 g/mol. The van der Waals surface area contributed by atoms with E-state index in [1.54, 1.807) is 0 Å². The second kappa shape index (κ2) is 3.85. The fraction of sp³-hybridized carbons (Fsp3) is 0.700. The fourth-order valence-electron chi connectivity index (χ4n) is 2.70. The van der Waals surface area contributed by atoms with Crippen molar-refractivity contribution in [1.82, 2.24) is 0 Å². The van der Waals surface area contributed by atoms with E-state index < -0.39 is 39.5 Å². The molecule has 0 saturated heterocycles. The maximum Gasteiger partial charge on any atom is 0.352 e. The Hall–Kier alpha value is -0.290. The molecule has 0 amide bonds. The van der Waals surface area contributed by atoms with Crippen LogP contribution < -0.4 is 0 Å². The van der Waals surface area contributed by atoms with Crippen molar-refractivity contribution in [1.29, 1.82) is 0 Å². The highest BCUT2D eigenvalue weighted by Crippen LogP contribution is 2.53. The van der Waals surface area contributed by atoms with E-state index in [-0.39, 0.29) is 0 Å². The van der Waals surface area contributed by atoms with Gasteiger partial charge in [0.15, 0.2) is 5.78 Å². The van der Waals surface area contributed by atoms with Gasteiger partial charge in [-0.05, 0) is 48.4 Å². The molecule has 0 aromatic heterocycles. The SMILES string of the molecule is O=C1C(=C(C(F)(F)Cl)C(F)(F)Cl)[C@@H]2CC[C@H]1C2. The maximum atomic E-state index is 13.0. The summed E-state index contributed by atoms with van der Waals surface area (Å²) in [6.45, 7) is 0. The molecule has 2 rings (SSSR count). The number of carbonyl (C=O) groups excluding carboxylic acids is 1. The minimum absolute atomic E-state index is 0.345. The summed E-state index contributed by atoms with van der Waals surface area (Å²) in [6.07, 6.45) is 1.36. The second-order valence-electron chi connectivity index (χ2n) is 4.36. The number of Topliss-reactive ketones (excluding diaryl/α,β-unsaturated/α-hetero) is 1. The summed E-state index contributed by atoms with van der Waals surface area (Å²) < 4.78 is 52.1. The molecule has 2 fully saturated rings. The van der Waals surface area contributed by atoms with Gasteiger partial charge in [-0.3, -0.25) is 4.79 Å². The van der Waals surface area contributed by atoms with Gasteiger partial charge >= 0.3 is 10.8 Å². The van der Waals surface area contributed by atoms with Crippen LogP contribution in [0, 0.1) is 11.8 Å².